The Morgan fingerprint density at radius 3 is 1.68 bits per heavy atom. The third-order valence-electron chi connectivity index (χ3n) is 10.7. The Bertz CT molecular complexity index is 3240. The van der Waals surface area contributed by atoms with Crippen LogP contribution in [0.3, 0.4) is 0 Å². The van der Waals surface area contributed by atoms with Crippen LogP contribution in [-0.2, 0) is 0 Å². The van der Waals surface area contributed by atoms with Crippen molar-refractivity contribution < 1.29 is 4.42 Å². The Morgan fingerprint density at radius 2 is 0.911 bits per heavy atom. The lowest BCUT2D eigenvalue weighted by Crippen LogP contribution is -2.00. The van der Waals surface area contributed by atoms with E-state index in [-0.39, 0.29) is 0 Å². The molecule has 8 aromatic carbocycles. The van der Waals surface area contributed by atoms with Gasteiger partial charge in [-0.05, 0) is 58.7 Å². The van der Waals surface area contributed by atoms with Gasteiger partial charge in [0, 0.05) is 50.0 Å². The number of benzene rings is 8. The van der Waals surface area contributed by atoms with E-state index in [1.54, 1.807) is 0 Å². The lowest BCUT2D eigenvalue weighted by Gasteiger charge is -2.11. The van der Waals surface area contributed by atoms with Gasteiger partial charge in [-0.1, -0.05) is 152 Å². The number of furan rings is 1. The van der Waals surface area contributed by atoms with Gasteiger partial charge < -0.3 is 8.98 Å². The third kappa shape index (κ3) is 5.37. The minimum absolute atomic E-state index is 0.610. The highest BCUT2D eigenvalue weighted by molar-refractivity contribution is 6.14. The maximum absolute atomic E-state index is 6.58. The Morgan fingerprint density at radius 1 is 0.339 bits per heavy atom. The van der Waals surface area contributed by atoms with Crippen LogP contribution in [0.15, 0.2) is 199 Å². The second kappa shape index (κ2) is 13.0. The highest BCUT2D eigenvalue weighted by atomic mass is 16.3. The standard InChI is InChI=1S/C51H32N4O/c1-4-14-33(15-5-1)36-20-12-21-37(30-36)50-52-49(35-18-8-3-9-19-35)53-51(54-50)38-26-28-42-41-22-10-11-24-44(41)55(45(42)31-38)39-27-29-43-47(32-39)56-46-25-13-23-40(48(43)46)34-16-6-2-7-17-34/h1-32H. The summed E-state index contributed by atoms with van der Waals surface area (Å²) in [6.45, 7) is 0. The maximum atomic E-state index is 6.58. The van der Waals surface area contributed by atoms with Crippen molar-refractivity contribution in [3.05, 3.63) is 194 Å². The molecule has 5 heteroatoms. The lowest BCUT2D eigenvalue weighted by atomic mass is 9.99. The fraction of sp³-hybridized carbons (Fsp3) is 0. The SMILES string of the molecule is c1ccc(-c2cccc(-c3nc(-c4ccccc4)nc(-c4ccc5c6ccccc6n(-c6ccc7c(c6)oc6cccc(-c8ccccc8)c67)c5c4)n3)c2)cc1. The van der Waals surface area contributed by atoms with Crippen LogP contribution in [0, 0.1) is 0 Å². The van der Waals surface area contributed by atoms with Crippen molar-refractivity contribution in [1.82, 2.24) is 19.5 Å². The second-order valence-electron chi connectivity index (χ2n) is 14.0. The first-order chi connectivity index (χ1) is 27.7. The van der Waals surface area contributed by atoms with E-state index in [0.29, 0.717) is 17.5 Å². The van der Waals surface area contributed by atoms with Gasteiger partial charge in [0.05, 0.1) is 11.0 Å². The van der Waals surface area contributed by atoms with Crippen LogP contribution >= 0.6 is 0 Å². The van der Waals surface area contributed by atoms with Gasteiger partial charge in [-0.3, -0.25) is 0 Å². The number of nitrogens with zero attached hydrogens (tertiary/aromatic N) is 4. The highest BCUT2D eigenvalue weighted by Gasteiger charge is 2.19. The van der Waals surface area contributed by atoms with Gasteiger partial charge in [-0.25, -0.2) is 15.0 Å². The molecule has 0 N–H and O–H groups in total. The molecule has 0 fully saturated rings. The Balaban J connectivity index is 1.09. The molecule has 0 saturated heterocycles. The van der Waals surface area contributed by atoms with Gasteiger partial charge in [0.25, 0.3) is 0 Å². The van der Waals surface area contributed by atoms with Gasteiger partial charge in [-0.15, -0.1) is 0 Å². The summed E-state index contributed by atoms with van der Waals surface area (Å²) < 4.78 is 8.90. The molecule has 3 heterocycles. The molecule has 0 spiro atoms. The highest BCUT2D eigenvalue weighted by Crippen LogP contribution is 2.40. The molecule has 11 aromatic rings. The normalized spacial score (nSPS) is 11.6. The third-order valence-corrected chi connectivity index (χ3v) is 10.7. The number of para-hydroxylation sites is 1. The topological polar surface area (TPSA) is 56.7 Å². The minimum atomic E-state index is 0.610. The van der Waals surface area contributed by atoms with E-state index in [0.717, 1.165) is 77.4 Å². The molecule has 3 aromatic heterocycles. The molecule has 5 nitrogen and oxygen atoms in total. The van der Waals surface area contributed by atoms with Crippen LogP contribution in [0.25, 0.3) is 106 Å². The van der Waals surface area contributed by atoms with Crippen LogP contribution in [-0.4, -0.2) is 19.5 Å². The summed E-state index contributed by atoms with van der Waals surface area (Å²) in [6, 6.07) is 67.4. The fourth-order valence-corrected chi connectivity index (χ4v) is 8.02. The second-order valence-corrected chi connectivity index (χ2v) is 14.0. The maximum Gasteiger partial charge on any atom is 0.164 e. The molecule has 0 atom stereocenters. The van der Waals surface area contributed by atoms with Gasteiger partial charge in [0.15, 0.2) is 17.5 Å². The largest absolute Gasteiger partial charge is 0.456 e. The number of hydrogen-bond donors (Lipinski definition) is 0. The number of aromatic nitrogens is 4. The summed E-state index contributed by atoms with van der Waals surface area (Å²) in [5.74, 6) is 1.86. The Labute approximate surface area is 322 Å². The molecule has 0 aliphatic heterocycles. The average Bonchev–Trinajstić information content (AvgIpc) is 3.82. The van der Waals surface area contributed by atoms with Crippen molar-refractivity contribution >= 4 is 43.7 Å². The molecule has 0 saturated carbocycles. The van der Waals surface area contributed by atoms with Crippen molar-refractivity contribution in [2.45, 2.75) is 0 Å². The van der Waals surface area contributed by atoms with E-state index < -0.39 is 0 Å². The fourth-order valence-electron chi connectivity index (χ4n) is 8.02. The van der Waals surface area contributed by atoms with Crippen molar-refractivity contribution in [3.63, 3.8) is 0 Å². The summed E-state index contributed by atoms with van der Waals surface area (Å²) in [7, 11) is 0. The van der Waals surface area contributed by atoms with Crippen LogP contribution in [0.5, 0.6) is 0 Å². The number of rotatable bonds is 6. The summed E-state index contributed by atoms with van der Waals surface area (Å²) >= 11 is 0. The van der Waals surface area contributed by atoms with E-state index in [1.807, 2.05) is 42.5 Å². The smallest absolute Gasteiger partial charge is 0.164 e. The molecule has 11 rings (SSSR count). The summed E-state index contributed by atoms with van der Waals surface area (Å²) in [5, 5.41) is 4.53. The summed E-state index contributed by atoms with van der Waals surface area (Å²) in [4.78, 5) is 15.3. The summed E-state index contributed by atoms with van der Waals surface area (Å²) in [6.07, 6.45) is 0. The monoisotopic (exact) mass is 716 g/mol. The van der Waals surface area contributed by atoms with Crippen LogP contribution in [0.2, 0.25) is 0 Å². The van der Waals surface area contributed by atoms with Crippen LogP contribution in [0.4, 0.5) is 0 Å². The number of hydrogen-bond acceptors (Lipinski definition) is 4. The number of fused-ring (bicyclic) bond motifs is 6. The molecule has 0 bridgehead atoms. The molecular weight excluding hydrogens is 685 g/mol. The van der Waals surface area contributed by atoms with E-state index in [9.17, 15) is 0 Å². The van der Waals surface area contributed by atoms with Crippen molar-refractivity contribution in [2.75, 3.05) is 0 Å². The van der Waals surface area contributed by atoms with Crippen molar-refractivity contribution in [2.24, 2.45) is 0 Å². The van der Waals surface area contributed by atoms with Gasteiger partial charge >= 0.3 is 0 Å². The molecule has 0 amide bonds. The first-order valence-corrected chi connectivity index (χ1v) is 18.8. The van der Waals surface area contributed by atoms with Crippen molar-refractivity contribution in [1.29, 1.82) is 0 Å². The zero-order valence-electron chi connectivity index (χ0n) is 30.2. The molecule has 0 radical (unpaired) electrons. The van der Waals surface area contributed by atoms with Gasteiger partial charge in [-0.2, -0.15) is 0 Å². The first-order valence-electron chi connectivity index (χ1n) is 18.8. The Hall–Kier alpha value is -7.63. The van der Waals surface area contributed by atoms with Gasteiger partial charge in [0.1, 0.15) is 11.2 Å². The molecule has 0 aliphatic carbocycles. The predicted molar refractivity (Wildman–Crippen MR) is 229 cm³/mol. The first kappa shape index (κ1) is 31.9. The molecule has 0 unspecified atom stereocenters. The molecular formula is C51H32N4O. The summed E-state index contributed by atoms with van der Waals surface area (Å²) in [5.41, 5.74) is 12.2. The lowest BCUT2D eigenvalue weighted by molar-refractivity contribution is 0.668. The van der Waals surface area contributed by atoms with Crippen LogP contribution in [0.1, 0.15) is 0 Å². The zero-order valence-corrected chi connectivity index (χ0v) is 30.2. The van der Waals surface area contributed by atoms with E-state index in [2.05, 4.69) is 156 Å². The molecule has 262 valence electrons. The van der Waals surface area contributed by atoms with Crippen molar-refractivity contribution in [3.8, 4) is 62.1 Å². The van der Waals surface area contributed by atoms with Crippen LogP contribution < -0.4 is 0 Å². The van der Waals surface area contributed by atoms with E-state index in [1.165, 1.54) is 10.9 Å². The predicted octanol–water partition coefficient (Wildman–Crippen LogP) is 13.2. The Kier molecular flexibility index (Phi) is 7.42. The molecule has 56 heavy (non-hydrogen) atoms. The zero-order chi connectivity index (χ0) is 37.0. The quantitative estimate of drug-likeness (QED) is 0.172. The molecule has 0 aliphatic rings. The van der Waals surface area contributed by atoms with E-state index in [4.69, 9.17) is 19.4 Å². The van der Waals surface area contributed by atoms with Gasteiger partial charge in [0.2, 0.25) is 0 Å². The minimum Gasteiger partial charge on any atom is -0.456 e. The average molecular weight is 717 g/mol. The van der Waals surface area contributed by atoms with E-state index >= 15 is 0 Å².